The van der Waals surface area contributed by atoms with E-state index >= 15 is 0 Å². The van der Waals surface area contributed by atoms with Crippen LogP contribution in [0.4, 0.5) is 4.39 Å². The largest absolute Gasteiger partial charge is 0.505 e. The molecule has 3 rings (SSSR count). The Labute approximate surface area is 160 Å². The summed E-state index contributed by atoms with van der Waals surface area (Å²) in [6, 6.07) is 14.6. The van der Waals surface area contributed by atoms with E-state index in [1.165, 1.54) is 17.7 Å². The first-order valence-electron chi connectivity index (χ1n) is 9.28. The smallest absolute Gasteiger partial charge is 0.224 e. The lowest BCUT2D eigenvalue weighted by molar-refractivity contribution is -0.122. The van der Waals surface area contributed by atoms with Crippen molar-refractivity contribution < 1.29 is 14.3 Å². The monoisotopic (exact) mass is 370 g/mol. The third-order valence-corrected chi connectivity index (χ3v) is 5.71. The summed E-state index contributed by atoms with van der Waals surface area (Å²) in [5.41, 5.74) is 1.91. The van der Waals surface area contributed by atoms with Gasteiger partial charge in [-0.2, -0.15) is 0 Å². The zero-order valence-electron chi connectivity index (χ0n) is 16.1. The zero-order valence-corrected chi connectivity index (χ0v) is 16.1. The van der Waals surface area contributed by atoms with E-state index in [-0.39, 0.29) is 29.0 Å². The number of hydrogen-bond acceptors (Lipinski definition) is 3. The van der Waals surface area contributed by atoms with Gasteiger partial charge in [0.05, 0.1) is 0 Å². The second-order valence-corrected chi connectivity index (χ2v) is 7.89. The molecule has 0 spiro atoms. The van der Waals surface area contributed by atoms with Gasteiger partial charge in [0.15, 0.2) is 11.6 Å². The van der Waals surface area contributed by atoms with Gasteiger partial charge in [-0.05, 0) is 50.2 Å². The Hall–Kier alpha value is -2.40. The van der Waals surface area contributed by atoms with Crippen LogP contribution < -0.4 is 5.32 Å². The zero-order chi connectivity index (χ0) is 19.6. The molecule has 2 aromatic rings. The van der Waals surface area contributed by atoms with Gasteiger partial charge in [-0.1, -0.05) is 43.3 Å². The number of phenols is 1. The lowest BCUT2D eigenvalue weighted by atomic mass is 9.95. The Balaban J connectivity index is 1.58. The molecule has 1 aliphatic rings. The minimum absolute atomic E-state index is 0.00571. The van der Waals surface area contributed by atoms with E-state index in [0.29, 0.717) is 13.0 Å². The van der Waals surface area contributed by atoms with E-state index in [9.17, 15) is 14.3 Å². The summed E-state index contributed by atoms with van der Waals surface area (Å²) in [7, 11) is 3.89. The average molecular weight is 370 g/mol. The topological polar surface area (TPSA) is 52.6 Å². The molecule has 144 valence electrons. The SMILES string of the molecule is CN(C)[C@H](CNC(=O)[C@@H]1C[C@]1(C)c1ccccc1)Cc1ccc(O)c(F)c1. The Kier molecular flexibility index (Phi) is 5.51. The number of nitrogens with zero attached hydrogens (tertiary/aromatic N) is 1. The van der Waals surface area contributed by atoms with Crippen molar-refractivity contribution in [2.75, 3.05) is 20.6 Å². The molecule has 2 aromatic carbocycles. The number of carbonyl (C=O) groups is 1. The highest BCUT2D eigenvalue weighted by Gasteiger charge is 2.55. The van der Waals surface area contributed by atoms with Gasteiger partial charge < -0.3 is 15.3 Å². The maximum Gasteiger partial charge on any atom is 0.224 e. The molecule has 1 aliphatic carbocycles. The first kappa shape index (κ1) is 19.4. The van der Waals surface area contributed by atoms with Crippen molar-refractivity contribution >= 4 is 5.91 Å². The Morgan fingerprint density at radius 2 is 2.00 bits per heavy atom. The van der Waals surface area contributed by atoms with Crippen LogP contribution >= 0.6 is 0 Å². The highest BCUT2D eigenvalue weighted by Crippen LogP contribution is 2.53. The lowest BCUT2D eigenvalue weighted by Crippen LogP contribution is -2.42. The Morgan fingerprint density at radius 1 is 1.30 bits per heavy atom. The molecule has 0 radical (unpaired) electrons. The maximum absolute atomic E-state index is 13.6. The van der Waals surface area contributed by atoms with Gasteiger partial charge in [0.1, 0.15) is 0 Å². The molecule has 0 aromatic heterocycles. The summed E-state index contributed by atoms with van der Waals surface area (Å²) in [5.74, 6) is -0.896. The summed E-state index contributed by atoms with van der Waals surface area (Å²) in [4.78, 5) is 14.7. The van der Waals surface area contributed by atoms with Gasteiger partial charge in [0.25, 0.3) is 0 Å². The van der Waals surface area contributed by atoms with E-state index in [1.807, 2.05) is 37.2 Å². The third-order valence-electron chi connectivity index (χ3n) is 5.71. The van der Waals surface area contributed by atoms with Crippen molar-refractivity contribution in [3.05, 3.63) is 65.5 Å². The van der Waals surface area contributed by atoms with Gasteiger partial charge in [0.2, 0.25) is 5.91 Å². The first-order valence-corrected chi connectivity index (χ1v) is 9.28. The van der Waals surface area contributed by atoms with Crippen LogP contribution in [-0.4, -0.2) is 42.6 Å². The number of halogens is 1. The van der Waals surface area contributed by atoms with E-state index < -0.39 is 5.82 Å². The van der Waals surface area contributed by atoms with Crippen LogP contribution in [0, 0.1) is 11.7 Å². The molecule has 1 saturated carbocycles. The predicted molar refractivity (Wildman–Crippen MR) is 104 cm³/mol. The number of aromatic hydroxyl groups is 1. The molecule has 2 N–H and O–H groups in total. The van der Waals surface area contributed by atoms with Gasteiger partial charge in [-0.15, -0.1) is 0 Å². The second kappa shape index (κ2) is 7.69. The Bertz CT molecular complexity index is 809. The molecular weight excluding hydrogens is 343 g/mol. The summed E-state index contributed by atoms with van der Waals surface area (Å²) >= 11 is 0. The molecule has 1 fully saturated rings. The highest BCUT2D eigenvalue weighted by atomic mass is 19.1. The highest BCUT2D eigenvalue weighted by molar-refractivity contribution is 5.84. The molecule has 0 bridgehead atoms. The van der Waals surface area contributed by atoms with Crippen LogP contribution in [0.3, 0.4) is 0 Å². The van der Waals surface area contributed by atoms with Crippen molar-refractivity contribution in [2.45, 2.75) is 31.2 Å². The van der Waals surface area contributed by atoms with Crippen molar-refractivity contribution in [3.8, 4) is 5.75 Å². The number of nitrogens with one attached hydrogen (secondary N) is 1. The summed E-state index contributed by atoms with van der Waals surface area (Å²) in [6.45, 7) is 2.63. The fourth-order valence-corrected chi connectivity index (χ4v) is 3.61. The van der Waals surface area contributed by atoms with Crippen LogP contribution in [0.25, 0.3) is 0 Å². The summed E-state index contributed by atoms with van der Waals surface area (Å²) in [6.07, 6.45) is 1.45. The minimum Gasteiger partial charge on any atom is -0.505 e. The van der Waals surface area contributed by atoms with Crippen LogP contribution in [0.5, 0.6) is 5.75 Å². The average Bonchev–Trinajstić information content (AvgIpc) is 3.35. The Morgan fingerprint density at radius 3 is 2.63 bits per heavy atom. The van der Waals surface area contributed by atoms with Crippen molar-refractivity contribution in [3.63, 3.8) is 0 Å². The van der Waals surface area contributed by atoms with E-state index in [2.05, 4.69) is 24.4 Å². The molecule has 0 saturated heterocycles. The number of rotatable bonds is 7. The van der Waals surface area contributed by atoms with E-state index in [0.717, 1.165) is 12.0 Å². The maximum atomic E-state index is 13.6. The molecular formula is C22H27FN2O2. The van der Waals surface area contributed by atoms with Crippen LogP contribution in [0.15, 0.2) is 48.5 Å². The van der Waals surface area contributed by atoms with Crippen LogP contribution in [0.1, 0.15) is 24.5 Å². The lowest BCUT2D eigenvalue weighted by Gasteiger charge is -2.25. The molecule has 0 heterocycles. The molecule has 0 unspecified atom stereocenters. The van der Waals surface area contributed by atoms with E-state index in [4.69, 9.17) is 0 Å². The molecule has 27 heavy (non-hydrogen) atoms. The van der Waals surface area contributed by atoms with Gasteiger partial charge in [-0.25, -0.2) is 4.39 Å². The standard InChI is InChI=1S/C22H27FN2O2/c1-22(16-7-5-4-6-8-16)13-18(22)21(27)24-14-17(25(2)3)11-15-9-10-20(26)19(23)12-15/h4-10,12,17-18,26H,11,13-14H2,1-3H3,(H,24,27)/t17-,18-,22+/m0/s1. The third kappa shape index (κ3) is 4.30. The molecule has 0 aliphatic heterocycles. The van der Waals surface area contributed by atoms with Crippen LogP contribution in [-0.2, 0) is 16.6 Å². The summed E-state index contributed by atoms with van der Waals surface area (Å²) in [5, 5.41) is 12.4. The van der Waals surface area contributed by atoms with Gasteiger partial charge in [-0.3, -0.25) is 4.79 Å². The second-order valence-electron chi connectivity index (χ2n) is 7.89. The first-order chi connectivity index (χ1) is 12.8. The quantitative estimate of drug-likeness (QED) is 0.787. The number of phenolic OH excluding ortho intramolecular Hbond substituents is 1. The summed E-state index contributed by atoms with van der Waals surface area (Å²) < 4.78 is 13.6. The normalized spacial score (nSPS) is 22.5. The molecule has 5 heteroatoms. The number of amides is 1. The van der Waals surface area contributed by atoms with Crippen LogP contribution in [0.2, 0.25) is 0 Å². The molecule has 1 amide bonds. The fraction of sp³-hybridized carbons (Fsp3) is 0.409. The van der Waals surface area contributed by atoms with Crippen molar-refractivity contribution in [1.82, 2.24) is 10.2 Å². The number of benzene rings is 2. The fourth-order valence-electron chi connectivity index (χ4n) is 3.61. The number of carbonyl (C=O) groups excluding carboxylic acids is 1. The molecule has 4 nitrogen and oxygen atoms in total. The number of likely N-dealkylation sites (N-methyl/N-ethyl adjacent to an activating group) is 1. The van der Waals surface area contributed by atoms with E-state index in [1.54, 1.807) is 6.07 Å². The van der Waals surface area contributed by atoms with Gasteiger partial charge >= 0.3 is 0 Å². The minimum atomic E-state index is -0.620. The van der Waals surface area contributed by atoms with Crippen molar-refractivity contribution in [1.29, 1.82) is 0 Å². The molecule has 3 atom stereocenters. The predicted octanol–water partition coefficient (Wildman–Crippen LogP) is 3.10. The number of hydrogen-bond donors (Lipinski definition) is 2. The van der Waals surface area contributed by atoms with Gasteiger partial charge in [0, 0.05) is 23.9 Å². The van der Waals surface area contributed by atoms with Crippen molar-refractivity contribution in [2.24, 2.45) is 5.92 Å².